The van der Waals surface area contributed by atoms with Gasteiger partial charge in [-0.25, -0.2) is 4.98 Å². The Morgan fingerprint density at radius 3 is 2.50 bits per heavy atom. The Kier molecular flexibility index (Phi) is 10.2. The maximum atomic E-state index is 13.6. The highest BCUT2D eigenvalue weighted by atomic mass is 35.5. The maximum absolute atomic E-state index is 13.6. The molecule has 1 aliphatic heterocycles. The zero-order valence-corrected chi connectivity index (χ0v) is 27.5. The van der Waals surface area contributed by atoms with Gasteiger partial charge in [-0.05, 0) is 94.1 Å². The lowest BCUT2D eigenvalue weighted by Gasteiger charge is -2.28. The fraction of sp³-hybridized carbons (Fsp3) is 0.471. The molecule has 3 aromatic rings. The number of carbonyl (C=O) groups excluding carboxylic acids is 2. The number of likely N-dealkylation sites (tertiary alicyclic amines) is 1. The highest BCUT2D eigenvalue weighted by molar-refractivity contribution is 6.30. The van der Waals surface area contributed by atoms with Gasteiger partial charge in [-0.15, -0.1) is 0 Å². The van der Waals surface area contributed by atoms with E-state index in [9.17, 15) is 14.9 Å². The van der Waals surface area contributed by atoms with Gasteiger partial charge in [-0.1, -0.05) is 38.4 Å². The first kappa shape index (κ1) is 33.2. The summed E-state index contributed by atoms with van der Waals surface area (Å²) >= 11 is 6.04. The Morgan fingerprint density at radius 1 is 1.16 bits per heavy atom. The highest BCUT2D eigenvalue weighted by Crippen LogP contribution is 2.28. The van der Waals surface area contributed by atoms with Crippen LogP contribution >= 0.6 is 11.6 Å². The molecule has 2 atom stereocenters. The second kappa shape index (κ2) is 13.5. The molecule has 1 aliphatic rings. The molecular weight excluding hydrogens is 574 g/mol. The van der Waals surface area contributed by atoms with Gasteiger partial charge in [0.2, 0.25) is 5.95 Å². The molecule has 10 heteroatoms. The number of hydrogen-bond acceptors (Lipinski definition) is 6. The molecule has 0 bridgehead atoms. The smallest absolute Gasteiger partial charge is 0.264 e. The van der Waals surface area contributed by atoms with Crippen LogP contribution in [0.4, 0.5) is 5.95 Å². The van der Waals surface area contributed by atoms with Gasteiger partial charge in [0, 0.05) is 41.8 Å². The van der Waals surface area contributed by atoms with E-state index in [0.717, 1.165) is 29.4 Å². The molecule has 0 spiro atoms. The fourth-order valence-corrected chi connectivity index (χ4v) is 5.28. The van der Waals surface area contributed by atoms with Crippen LogP contribution in [0.5, 0.6) is 0 Å². The fourth-order valence-electron chi connectivity index (χ4n) is 5.15. The third-order valence-electron chi connectivity index (χ3n) is 8.59. The molecule has 1 fully saturated rings. The van der Waals surface area contributed by atoms with E-state index >= 15 is 0 Å². The number of anilines is 1. The number of imidazole rings is 1. The minimum Gasteiger partial charge on any atom is -0.333 e. The zero-order valence-electron chi connectivity index (χ0n) is 26.8. The predicted molar refractivity (Wildman–Crippen MR) is 176 cm³/mol. The van der Waals surface area contributed by atoms with Gasteiger partial charge in [0.1, 0.15) is 11.6 Å². The number of nitrogens with zero attached hydrogens (tertiary/aromatic N) is 4. The number of rotatable bonds is 10. The van der Waals surface area contributed by atoms with Crippen LogP contribution in [0.15, 0.2) is 54.1 Å². The van der Waals surface area contributed by atoms with Crippen molar-refractivity contribution in [3.05, 3.63) is 70.3 Å². The van der Waals surface area contributed by atoms with E-state index in [-0.39, 0.29) is 28.8 Å². The Bertz CT molecular complexity index is 1580. The number of benzene rings is 2. The number of aromatic nitrogens is 2. The summed E-state index contributed by atoms with van der Waals surface area (Å²) in [5, 5.41) is 20.1. The van der Waals surface area contributed by atoms with Crippen molar-refractivity contribution in [2.24, 2.45) is 5.41 Å². The van der Waals surface area contributed by atoms with E-state index in [0.29, 0.717) is 42.2 Å². The Hall–Kier alpha value is -3.71. The van der Waals surface area contributed by atoms with Gasteiger partial charge < -0.3 is 20.1 Å². The van der Waals surface area contributed by atoms with Gasteiger partial charge in [-0.2, -0.15) is 5.26 Å². The van der Waals surface area contributed by atoms with Gasteiger partial charge >= 0.3 is 0 Å². The van der Waals surface area contributed by atoms with Gasteiger partial charge in [0.15, 0.2) is 0 Å². The van der Waals surface area contributed by atoms with Crippen molar-refractivity contribution in [1.29, 1.82) is 5.26 Å². The quantitative estimate of drug-likeness (QED) is 0.193. The lowest BCUT2D eigenvalue weighted by Crippen LogP contribution is -2.40. The Morgan fingerprint density at radius 2 is 1.86 bits per heavy atom. The lowest BCUT2D eigenvalue weighted by atomic mass is 9.88. The van der Waals surface area contributed by atoms with Crippen molar-refractivity contribution < 1.29 is 9.59 Å². The molecule has 0 aliphatic carbocycles. The number of halogens is 1. The van der Waals surface area contributed by atoms with Gasteiger partial charge in [-0.3, -0.25) is 14.9 Å². The predicted octanol–water partition coefficient (Wildman–Crippen LogP) is 5.91. The number of fused-ring (bicyclic) bond motifs is 1. The number of likely N-dealkylation sites (N-methyl/N-ethyl adjacent to an activating group) is 1. The van der Waals surface area contributed by atoms with Gasteiger partial charge in [0.05, 0.1) is 17.1 Å². The molecule has 1 aromatic heterocycles. The molecule has 2 unspecified atom stereocenters. The first-order valence-corrected chi connectivity index (χ1v) is 15.5. The SMILES string of the molecule is CNC(C)(C)C=C(C#N)C(=O)N1CCCC1Cn1c(NC(=O)c2ccc(Cl)cc2)nc2cc(CNC(C)C(C)(C)C)ccc21. The van der Waals surface area contributed by atoms with E-state index < -0.39 is 5.54 Å². The zero-order chi connectivity index (χ0) is 32.2. The molecule has 0 saturated carbocycles. The summed E-state index contributed by atoms with van der Waals surface area (Å²) in [6, 6.07) is 15.1. The molecule has 3 N–H and O–H groups in total. The molecule has 44 heavy (non-hydrogen) atoms. The van der Waals surface area contributed by atoms with Crippen LogP contribution in [0.1, 0.15) is 70.3 Å². The average molecular weight is 618 g/mol. The van der Waals surface area contributed by atoms with E-state index in [1.165, 1.54) is 0 Å². The second-order valence-corrected chi connectivity index (χ2v) is 13.7. The summed E-state index contributed by atoms with van der Waals surface area (Å²) in [6.07, 6.45) is 3.29. The highest BCUT2D eigenvalue weighted by Gasteiger charge is 2.33. The molecule has 234 valence electrons. The van der Waals surface area contributed by atoms with Crippen molar-refractivity contribution >= 4 is 40.4 Å². The van der Waals surface area contributed by atoms with Crippen LogP contribution in [0, 0.1) is 16.7 Å². The van der Waals surface area contributed by atoms with Crippen LogP contribution in [-0.4, -0.2) is 57.5 Å². The summed E-state index contributed by atoms with van der Waals surface area (Å²) in [7, 11) is 1.80. The molecular formula is C34H44ClN7O2. The van der Waals surface area contributed by atoms with Gasteiger partial charge in [0.25, 0.3) is 11.8 Å². The lowest BCUT2D eigenvalue weighted by molar-refractivity contribution is -0.127. The van der Waals surface area contributed by atoms with Crippen molar-refractivity contribution in [3.8, 4) is 6.07 Å². The normalized spacial score (nSPS) is 16.7. The third-order valence-corrected chi connectivity index (χ3v) is 8.84. The van der Waals surface area contributed by atoms with Crippen LogP contribution in [-0.2, 0) is 17.9 Å². The first-order chi connectivity index (χ1) is 20.7. The second-order valence-electron chi connectivity index (χ2n) is 13.2. The molecule has 2 aromatic carbocycles. The minimum atomic E-state index is -0.507. The van der Waals surface area contributed by atoms with Crippen LogP contribution in [0.2, 0.25) is 5.02 Å². The summed E-state index contributed by atoms with van der Waals surface area (Å²) < 4.78 is 1.97. The van der Waals surface area contributed by atoms with Crippen LogP contribution in [0.25, 0.3) is 11.0 Å². The van der Waals surface area contributed by atoms with Crippen molar-refractivity contribution in [1.82, 2.24) is 25.1 Å². The topological polar surface area (TPSA) is 115 Å². The van der Waals surface area contributed by atoms with E-state index in [2.05, 4.69) is 55.8 Å². The average Bonchev–Trinajstić information content (AvgIpc) is 3.58. The van der Waals surface area contributed by atoms with Crippen LogP contribution < -0.4 is 16.0 Å². The van der Waals surface area contributed by atoms with Crippen LogP contribution in [0.3, 0.4) is 0 Å². The summed E-state index contributed by atoms with van der Waals surface area (Å²) in [4.78, 5) is 33.5. The third kappa shape index (κ3) is 7.86. The summed E-state index contributed by atoms with van der Waals surface area (Å²) in [6.45, 7) is 14.3. The molecule has 1 saturated heterocycles. The molecule has 2 amide bonds. The minimum absolute atomic E-state index is 0.115. The largest absolute Gasteiger partial charge is 0.333 e. The number of amides is 2. The standard InChI is InChI=1S/C34H44ClN7O2/c1-22(33(2,3)4)38-20-23-10-15-29-28(17-23)39-32(40-30(43)24-11-13-26(35)14-12-24)42(29)21-27-9-8-16-41(27)31(44)25(19-36)18-34(5,6)37-7/h10-15,17-18,22,27,37-38H,8-9,16,20-21H2,1-7H3,(H,39,40,43). The van der Waals surface area contributed by atoms with Crippen molar-refractivity contribution in [2.45, 2.75) is 85.1 Å². The van der Waals surface area contributed by atoms with E-state index in [4.69, 9.17) is 16.6 Å². The maximum Gasteiger partial charge on any atom is 0.264 e. The number of nitrogens with one attached hydrogen (secondary N) is 3. The van der Waals surface area contributed by atoms with E-state index in [1.807, 2.05) is 30.5 Å². The summed E-state index contributed by atoms with van der Waals surface area (Å²) in [5.41, 5.74) is 2.89. The summed E-state index contributed by atoms with van der Waals surface area (Å²) in [5.74, 6) is -0.182. The first-order valence-electron chi connectivity index (χ1n) is 15.1. The Labute approximate surface area is 265 Å². The molecule has 4 rings (SSSR count). The number of nitriles is 1. The monoisotopic (exact) mass is 617 g/mol. The molecule has 2 heterocycles. The van der Waals surface area contributed by atoms with Crippen molar-refractivity contribution in [3.63, 3.8) is 0 Å². The van der Waals surface area contributed by atoms with E-state index in [1.54, 1.807) is 42.3 Å². The molecule has 9 nitrogen and oxygen atoms in total. The number of carbonyl (C=O) groups is 2. The molecule has 0 radical (unpaired) electrons. The number of hydrogen-bond donors (Lipinski definition) is 3. The van der Waals surface area contributed by atoms with Crippen molar-refractivity contribution in [2.75, 3.05) is 18.9 Å². The Balaban J connectivity index is 1.67.